The predicted molar refractivity (Wildman–Crippen MR) is 239 cm³/mol. The van der Waals surface area contributed by atoms with Crippen LogP contribution in [0.3, 0.4) is 0 Å². The number of nitrogens with one attached hydrogen (secondary N) is 4. The van der Waals surface area contributed by atoms with E-state index in [0.29, 0.717) is 40.5 Å². The van der Waals surface area contributed by atoms with Gasteiger partial charge >= 0.3 is 0 Å². The fourth-order valence-electron chi connectivity index (χ4n) is 9.46. The van der Waals surface area contributed by atoms with Crippen LogP contribution < -0.4 is 26.0 Å². The maximum Gasteiger partial charge on any atom is 0.255 e. The zero-order valence-corrected chi connectivity index (χ0v) is 36.8. The van der Waals surface area contributed by atoms with Gasteiger partial charge in [0.05, 0.1) is 25.8 Å². The van der Waals surface area contributed by atoms with Crippen molar-refractivity contribution in [3.8, 4) is 5.75 Å². The molecule has 4 saturated heterocycles. The minimum absolute atomic E-state index is 0.0885. The average molecular weight is 906 g/mol. The third kappa shape index (κ3) is 12.0. The predicted octanol–water partition coefficient (Wildman–Crippen LogP) is 7.56. The molecule has 8 rings (SSSR count). The van der Waals surface area contributed by atoms with E-state index in [2.05, 4.69) is 55.3 Å². The van der Waals surface area contributed by atoms with Gasteiger partial charge in [-0.2, -0.15) is 0 Å². The first-order valence-corrected chi connectivity index (χ1v) is 22.3. The standard InChI is InChI=1S/C24H27Cl2N3O3.C23H25ClFN3O2/c1-32-22-9-6-17(26)10-21(22)24(31)27-13-23(30)28-18-11-19-7-8-20(12-18)29(19)14-15-2-4-16(25)5-3-15;24-17-6-4-15(5-7-17)14-28-20-8-9-21(28)12-19(11-20)27-22(29)13-26-23(30)16-2-1-3-18(25)10-16/h2-6,9-10,18-20H,7-8,11-14H2,1H3,(H,27,31)(H,28,30);1-7,10,19-21H,8-9,11-14H2,(H,26,30)(H,27,29). The highest BCUT2D eigenvalue weighted by Crippen LogP contribution is 2.38. The highest BCUT2D eigenvalue weighted by atomic mass is 35.5. The molecule has 0 aliphatic carbocycles. The molecule has 0 radical (unpaired) electrons. The van der Waals surface area contributed by atoms with E-state index in [1.807, 2.05) is 24.3 Å². The van der Waals surface area contributed by atoms with Crippen LogP contribution in [-0.2, 0) is 22.7 Å². The number of hydrogen-bond acceptors (Lipinski definition) is 7. The lowest BCUT2D eigenvalue weighted by Gasteiger charge is -2.39. The molecule has 62 heavy (non-hydrogen) atoms. The van der Waals surface area contributed by atoms with Crippen molar-refractivity contribution in [3.63, 3.8) is 0 Å². The number of piperidine rings is 2. The Morgan fingerprint density at radius 2 is 1.06 bits per heavy atom. The summed E-state index contributed by atoms with van der Waals surface area (Å²) in [6.07, 6.45) is 8.24. The Kier molecular flexibility index (Phi) is 15.4. The van der Waals surface area contributed by atoms with Crippen LogP contribution in [-0.4, -0.2) is 89.9 Å². The molecule has 4 heterocycles. The second-order valence-electron chi connectivity index (χ2n) is 16.6. The highest BCUT2D eigenvalue weighted by molar-refractivity contribution is 6.31. The summed E-state index contributed by atoms with van der Waals surface area (Å²) in [4.78, 5) is 54.5. The molecule has 4 aliphatic rings. The average Bonchev–Trinajstić information content (AvgIpc) is 3.62. The molecule has 4 aromatic rings. The molecule has 11 nitrogen and oxygen atoms in total. The van der Waals surface area contributed by atoms with Gasteiger partial charge in [-0.1, -0.05) is 65.1 Å². The summed E-state index contributed by atoms with van der Waals surface area (Å²) in [6, 6.07) is 28.3. The van der Waals surface area contributed by atoms with Gasteiger partial charge in [-0.25, -0.2) is 4.39 Å². The SMILES string of the molecule is COc1ccc(Cl)cc1C(=O)NCC(=O)NC1CC2CCC(C1)N2Cc1ccc(Cl)cc1.O=C(CNC(=O)c1cccc(F)c1)NC1CC2CCC(C1)N2Cc1ccc(Cl)cc1. The van der Waals surface area contributed by atoms with Crippen LogP contribution in [0.4, 0.5) is 4.39 Å². The maximum absolute atomic E-state index is 13.2. The minimum Gasteiger partial charge on any atom is -0.496 e. The molecule has 4 aromatic carbocycles. The first kappa shape index (κ1) is 45.3. The second kappa shape index (κ2) is 21.1. The lowest BCUT2D eigenvalue weighted by Crippen LogP contribution is -2.51. The van der Waals surface area contributed by atoms with Gasteiger partial charge in [-0.05, 0) is 123 Å². The quantitative estimate of drug-likeness (QED) is 0.109. The van der Waals surface area contributed by atoms with Crippen molar-refractivity contribution >= 4 is 58.4 Å². The Morgan fingerprint density at radius 1 is 0.613 bits per heavy atom. The number of hydrogen-bond donors (Lipinski definition) is 4. The molecule has 4 fully saturated rings. The van der Waals surface area contributed by atoms with E-state index in [0.717, 1.165) is 80.6 Å². The summed E-state index contributed by atoms with van der Waals surface area (Å²) in [5, 5.41) is 13.3. The van der Waals surface area contributed by atoms with E-state index in [-0.39, 0.29) is 42.6 Å². The summed E-state index contributed by atoms with van der Waals surface area (Å²) in [7, 11) is 1.49. The van der Waals surface area contributed by atoms with Crippen LogP contribution in [0.15, 0.2) is 91.0 Å². The highest BCUT2D eigenvalue weighted by Gasteiger charge is 2.42. The van der Waals surface area contributed by atoms with E-state index in [9.17, 15) is 23.6 Å². The van der Waals surface area contributed by atoms with E-state index >= 15 is 0 Å². The summed E-state index contributed by atoms with van der Waals surface area (Å²) < 4.78 is 18.4. The number of carbonyl (C=O) groups excluding carboxylic acids is 4. The number of benzene rings is 4. The van der Waals surface area contributed by atoms with Crippen molar-refractivity contribution in [1.82, 2.24) is 31.1 Å². The Bertz CT molecular complexity index is 2190. The maximum atomic E-state index is 13.2. The van der Waals surface area contributed by atoms with Crippen LogP contribution >= 0.6 is 34.8 Å². The van der Waals surface area contributed by atoms with Gasteiger partial charge in [0.25, 0.3) is 11.8 Å². The van der Waals surface area contributed by atoms with Crippen molar-refractivity contribution in [2.45, 2.75) is 101 Å². The van der Waals surface area contributed by atoms with E-state index < -0.39 is 17.6 Å². The second-order valence-corrected chi connectivity index (χ2v) is 17.9. The zero-order valence-electron chi connectivity index (χ0n) is 34.6. The lowest BCUT2D eigenvalue weighted by molar-refractivity contribution is -0.122. The molecule has 4 unspecified atom stereocenters. The smallest absolute Gasteiger partial charge is 0.255 e. The van der Waals surface area contributed by atoms with Crippen molar-refractivity contribution in [2.24, 2.45) is 0 Å². The number of methoxy groups -OCH3 is 1. The minimum atomic E-state index is -0.479. The monoisotopic (exact) mass is 904 g/mol. The van der Waals surface area contributed by atoms with Gasteiger partial charge in [0.2, 0.25) is 11.8 Å². The molecule has 4 bridgehead atoms. The fourth-order valence-corrected chi connectivity index (χ4v) is 9.89. The summed E-state index contributed by atoms with van der Waals surface area (Å²) in [5.74, 6) is -1.31. The zero-order chi connectivity index (χ0) is 43.8. The van der Waals surface area contributed by atoms with Crippen LogP contribution in [0.25, 0.3) is 0 Å². The first-order valence-electron chi connectivity index (χ1n) is 21.1. The van der Waals surface area contributed by atoms with Crippen LogP contribution in [0.5, 0.6) is 5.75 Å². The Labute approximate surface area is 377 Å². The molecule has 0 aromatic heterocycles. The molecular weight excluding hydrogens is 854 g/mol. The van der Waals surface area contributed by atoms with E-state index in [1.54, 1.807) is 12.1 Å². The van der Waals surface area contributed by atoms with E-state index in [1.165, 1.54) is 42.5 Å². The van der Waals surface area contributed by atoms with Gasteiger partial charge in [0.15, 0.2) is 0 Å². The molecular formula is C47H52Cl3FN6O5. The number of amides is 4. The Morgan fingerprint density at radius 3 is 1.52 bits per heavy atom. The molecule has 15 heteroatoms. The number of halogens is 4. The first-order chi connectivity index (χ1) is 29.9. The molecule has 4 amide bonds. The number of fused-ring (bicyclic) bond motifs is 4. The van der Waals surface area contributed by atoms with Gasteiger partial charge in [0, 0.05) is 70.0 Å². The Hall–Kier alpha value is -4.72. The van der Waals surface area contributed by atoms with Gasteiger partial charge in [-0.3, -0.25) is 29.0 Å². The molecule has 4 N–H and O–H groups in total. The van der Waals surface area contributed by atoms with Crippen LogP contribution in [0.1, 0.15) is 83.2 Å². The number of nitrogens with zero attached hydrogens (tertiary/aromatic N) is 2. The third-order valence-electron chi connectivity index (χ3n) is 12.4. The number of carbonyl (C=O) groups is 4. The van der Waals surface area contributed by atoms with Gasteiger partial charge in [0.1, 0.15) is 11.6 Å². The normalized spacial score (nSPS) is 22.8. The fraction of sp³-hybridized carbons (Fsp3) is 0.404. The lowest BCUT2D eigenvalue weighted by atomic mass is 9.96. The summed E-state index contributed by atoms with van der Waals surface area (Å²) >= 11 is 18.0. The number of ether oxygens (including phenoxy) is 1. The molecule has 0 spiro atoms. The number of rotatable bonds is 13. The van der Waals surface area contributed by atoms with Crippen molar-refractivity contribution in [3.05, 3.63) is 134 Å². The molecule has 328 valence electrons. The van der Waals surface area contributed by atoms with Gasteiger partial charge in [-0.15, -0.1) is 0 Å². The summed E-state index contributed by atoms with van der Waals surface area (Å²) in [6.45, 7) is 1.60. The van der Waals surface area contributed by atoms with Crippen molar-refractivity contribution in [2.75, 3.05) is 20.2 Å². The van der Waals surface area contributed by atoms with Crippen molar-refractivity contribution in [1.29, 1.82) is 0 Å². The van der Waals surface area contributed by atoms with Crippen molar-refractivity contribution < 1.29 is 28.3 Å². The molecule has 4 atom stereocenters. The molecule has 0 saturated carbocycles. The van der Waals surface area contributed by atoms with E-state index in [4.69, 9.17) is 39.5 Å². The molecule has 4 aliphatic heterocycles. The Balaban J connectivity index is 0.000000187. The summed E-state index contributed by atoms with van der Waals surface area (Å²) in [5.41, 5.74) is 3.02. The largest absolute Gasteiger partial charge is 0.496 e. The van der Waals surface area contributed by atoms with Crippen LogP contribution in [0, 0.1) is 5.82 Å². The topological polar surface area (TPSA) is 132 Å². The third-order valence-corrected chi connectivity index (χ3v) is 13.1. The van der Waals surface area contributed by atoms with Gasteiger partial charge < -0.3 is 26.0 Å². The van der Waals surface area contributed by atoms with Crippen LogP contribution in [0.2, 0.25) is 15.1 Å².